The van der Waals surface area contributed by atoms with E-state index >= 15 is 0 Å². The number of sulfonamides is 1. The lowest BCUT2D eigenvalue weighted by atomic mass is 10.0. The number of nitrogens with one attached hydrogen (secondary N) is 1. The van der Waals surface area contributed by atoms with E-state index in [9.17, 15) is 18.0 Å². The summed E-state index contributed by atoms with van der Waals surface area (Å²) in [7, 11) is -2.60. The molecule has 3 aromatic rings. The molecule has 0 spiro atoms. The van der Waals surface area contributed by atoms with E-state index in [0.29, 0.717) is 22.6 Å². The summed E-state index contributed by atoms with van der Waals surface area (Å²) in [5, 5.41) is 0. The summed E-state index contributed by atoms with van der Waals surface area (Å²) in [6.07, 6.45) is 3.14. The number of methoxy groups -OCH3 is 1. The van der Waals surface area contributed by atoms with Crippen molar-refractivity contribution < 1.29 is 27.5 Å². The highest BCUT2D eigenvalue weighted by atomic mass is 32.2. The molecule has 0 saturated heterocycles. The number of benzene rings is 1. The molecule has 3 rings (SSSR count). The SMILES string of the molecule is CCOC(=O)c1[nH]c(C)c(C(=O)C(C)N(Cc2cccnc2)S(=O)(=O)c2ccc(OC)cc2)c1C. The fourth-order valence-corrected chi connectivity index (χ4v) is 5.43. The fraction of sp³-hybridized carbons (Fsp3) is 0.320. The number of aryl methyl sites for hydroxylation is 1. The van der Waals surface area contributed by atoms with Crippen LogP contribution in [0.4, 0.5) is 0 Å². The molecule has 0 aliphatic rings. The van der Waals surface area contributed by atoms with Crippen molar-refractivity contribution >= 4 is 21.8 Å². The summed E-state index contributed by atoms with van der Waals surface area (Å²) in [6, 6.07) is 8.34. The van der Waals surface area contributed by atoms with Gasteiger partial charge in [0, 0.05) is 30.2 Å². The third-order valence-corrected chi connectivity index (χ3v) is 7.63. The number of carbonyl (C=O) groups is 2. The van der Waals surface area contributed by atoms with Crippen molar-refractivity contribution in [3.05, 3.63) is 76.9 Å². The Balaban J connectivity index is 2.05. The van der Waals surface area contributed by atoms with Gasteiger partial charge in [0.15, 0.2) is 5.78 Å². The van der Waals surface area contributed by atoms with E-state index in [4.69, 9.17) is 9.47 Å². The van der Waals surface area contributed by atoms with E-state index in [-0.39, 0.29) is 29.3 Å². The summed E-state index contributed by atoms with van der Waals surface area (Å²) in [4.78, 5) is 33.0. The first kappa shape index (κ1) is 26.1. The van der Waals surface area contributed by atoms with Gasteiger partial charge in [-0.15, -0.1) is 0 Å². The van der Waals surface area contributed by atoms with E-state index in [1.54, 1.807) is 57.4 Å². The van der Waals surface area contributed by atoms with Gasteiger partial charge in [0.25, 0.3) is 0 Å². The second kappa shape index (κ2) is 10.8. The smallest absolute Gasteiger partial charge is 0.355 e. The number of H-pyrrole nitrogens is 1. The normalized spacial score (nSPS) is 12.4. The maximum atomic E-state index is 13.7. The maximum absolute atomic E-state index is 13.7. The largest absolute Gasteiger partial charge is 0.497 e. The molecule has 0 fully saturated rings. The predicted molar refractivity (Wildman–Crippen MR) is 130 cm³/mol. The van der Waals surface area contributed by atoms with Crippen LogP contribution in [0, 0.1) is 13.8 Å². The van der Waals surface area contributed by atoms with Crippen molar-refractivity contribution in [2.45, 2.75) is 45.2 Å². The first-order chi connectivity index (χ1) is 16.6. The highest BCUT2D eigenvalue weighted by molar-refractivity contribution is 7.89. The number of ether oxygens (including phenoxy) is 2. The van der Waals surface area contributed by atoms with Crippen molar-refractivity contribution in [1.82, 2.24) is 14.3 Å². The number of hydrogen-bond donors (Lipinski definition) is 1. The number of aromatic amines is 1. The zero-order valence-corrected chi connectivity index (χ0v) is 21.2. The van der Waals surface area contributed by atoms with Gasteiger partial charge in [-0.1, -0.05) is 6.07 Å². The van der Waals surface area contributed by atoms with E-state index in [2.05, 4.69) is 9.97 Å². The number of nitrogens with zero attached hydrogens (tertiary/aromatic N) is 2. The number of esters is 1. The quantitative estimate of drug-likeness (QED) is 0.334. The number of aromatic nitrogens is 2. The lowest BCUT2D eigenvalue weighted by molar-refractivity contribution is 0.0519. The van der Waals surface area contributed by atoms with Gasteiger partial charge in [-0.25, -0.2) is 13.2 Å². The van der Waals surface area contributed by atoms with Crippen LogP contribution < -0.4 is 4.74 Å². The Hall–Kier alpha value is -3.50. The molecule has 9 nitrogen and oxygen atoms in total. The molecule has 186 valence electrons. The molecule has 1 N–H and O–H groups in total. The van der Waals surface area contributed by atoms with Crippen molar-refractivity contribution in [2.75, 3.05) is 13.7 Å². The van der Waals surface area contributed by atoms with Crippen LogP contribution >= 0.6 is 0 Å². The van der Waals surface area contributed by atoms with Crippen LogP contribution in [0.25, 0.3) is 0 Å². The molecule has 0 saturated carbocycles. The van der Waals surface area contributed by atoms with Crippen LogP contribution in [-0.2, 0) is 21.3 Å². The van der Waals surface area contributed by atoms with Crippen LogP contribution in [0.5, 0.6) is 5.75 Å². The number of Topliss-reactive ketones (excluding diaryl/α,β-unsaturated/α-hetero) is 1. The molecule has 35 heavy (non-hydrogen) atoms. The Morgan fingerprint density at radius 2 is 1.83 bits per heavy atom. The Kier molecular flexibility index (Phi) is 8.08. The number of rotatable bonds is 10. The third kappa shape index (κ3) is 5.44. The molecule has 0 radical (unpaired) electrons. The standard InChI is InChI=1S/C25H29N3O6S/c1-6-34-25(30)23-16(2)22(17(3)27-23)24(29)18(4)28(15-19-8-7-13-26-14-19)35(31,32)21-11-9-20(33-5)10-12-21/h7-14,18,27H,6,15H2,1-5H3. The molecule has 1 atom stereocenters. The Bertz CT molecular complexity index is 1300. The highest BCUT2D eigenvalue weighted by Gasteiger charge is 2.36. The number of ketones is 1. The van der Waals surface area contributed by atoms with E-state index < -0.39 is 27.8 Å². The number of hydrogen-bond acceptors (Lipinski definition) is 7. The molecule has 0 aliphatic heterocycles. The maximum Gasteiger partial charge on any atom is 0.355 e. The Labute approximate surface area is 205 Å². The molecule has 10 heteroatoms. The van der Waals surface area contributed by atoms with Crippen LogP contribution in [0.15, 0.2) is 53.7 Å². The van der Waals surface area contributed by atoms with Gasteiger partial charge < -0.3 is 14.5 Å². The first-order valence-corrected chi connectivity index (χ1v) is 12.5. The van der Waals surface area contributed by atoms with Gasteiger partial charge >= 0.3 is 5.97 Å². The van der Waals surface area contributed by atoms with Gasteiger partial charge in [-0.05, 0) is 69.2 Å². The molecule has 2 heterocycles. The molecule has 0 bridgehead atoms. The highest BCUT2D eigenvalue weighted by Crippen LogP contribution is 2.27. The van der Waals surface area contributed by atoms with Gasteiger partial charge in [0.2, 0.25) is 10.0 Å². The Morgan fingerprint density at radius 3 is 2.40 bits per heavy atom. The van der Waals surface area contributed by atoms with Crippen molar-refractivity contribution in [3.63, 3.8) is 0 Å². The molecule has 1 aromatic carbocycles. The summed E-state index contributed by atoms with van der Waals surface area (Å²) in [5.41, 5.74) is 1.95. The summed E-state index contributed by atoms with van der Waals surface area (Å²) in [5.74, 6) is -0.498. The van der Waals surface area contributed by atoms with Gasteiger partial charge in [-0.3, -0.25) is 9.78 Å². The molecule has 2 aromatic heterocycles. The van der Waals surface area contributed by atoms with E-state index in [1.165, 1.54) is 26.2 Å². The van der Waals surface area contributed by atoms with Crippen LogP contribution in [0.3, 0.4) is 0 Å². The van der Waals surface area contributed by atoms with Gasteiger partial charge in [0.1, 0.15) is 11.4 Å². The predicted octanol–water partition coefficient (Wildman–Crippen LogP) is 3.67. The van der Waals surface area contributed by atoms with Crippen LogP contribution in [0.1, 0.15) is 51.5 Å². The minimum Gasteiger partial charge on any atom is -0.497 e. The summed E-state index contributed by atoms with van der Waals surface area (Å²) in [6.45, 7) is 6.66. The lowest BCUT2D eigenvalue weighted by Gasteiger charge is -2.28. The minimum atomic E-state index is -4.09. The monoisotopic (exact) mass is 499 g/mol. The van der Waals surface area contributed by atoms with E-state index in [0.717, 1.165) is 4.31 Å². The fourth-order valence-electron chi connectivity index (χ4n) is 3.85. The molecule has 0 amide bonds. The second-order valence-electron chi connectivity index (χ2n) is 7.97. The summed E-state index contributed by atoms with van der Waals surface area (Å²) < 4.78 is 38.8. The second-order valence-corrected chi connectivity index (χ2v) is 9.86. The first-order valence-electron chi connectivity index (χ1n) is 11.1. The molecular weight excluding hydrogens is 470 g/mol. The van der Waals surface area contributed by atoms with Crippen LogP contribution in [-0.4, -0.2) is 54.2 Å². The molecule has 1 unspecified atom stereocenters. The Morgan fingerprint density at radius 1 is 1.14 bits per heavy atom. The van der Waals surface area contributed by atoms with E-state index in [1.807, 2.05) is 0 Å². The zero-order chi connectivity index (χ0) is 25.8. The number of carbonyl (C=O) groups excluding carboxylic acids is 2. The third-order valence-electron chi connectivity index (χ3n) is 5.70. The van der Waals surface area contributed by atoms with Crippen molar-refractivity contribution in [3.8, 4) is 5.75 Å². The molecular formula is C25H29N3O6S. The van der Waals surface area contributed by atoms with Crippen molar-refractivity contribution in [1.29, 1.82) is 0 Å². The van der Waals surface area contributed by atoms with Crippen LogP contribution in [0.2, 0.25) is 0 Å². The zero-order valence-electron chi connectivity index (χ0n) is 20.4. The van der Waals surface area contributed by atoms with Gasteiger partial charge in [-0.2, -0.15) is 4.31 Å². The van der Waals surface area contributed by atoms with Gasteiger partial charge in [0.05, 0.1) is 24.7 Å². The lowest BCUT2D eigenvalue weighted by Crippen LogP contribution is -2.43. The topological polar surface area (TPSA) is 119 Å². The minimum absolute atomic E-state index is 0.0246. The summed E-state index contributed by atoms with van der Waals surface area (Å²) >= 11 is 0. The average Bonchev–Trinajstić information content (AvgIpc) is 3.16. The number of pyridine rings is 1. The van der Waals surface area contributed by atoms with Crippen molar-refractivity contribution in [2.24, 2.45) is 0 Å². The average molecular weight is 500 g/mol. The molecule has 0 aliphatic carbocycles.